The van der Waals surface area contributed by atoms with E-state index in [0.29, 0.717) is 5.57 Å². The Morgan fingerprint density at radius 3 is 2.48 bits per heavy atom. The molecule has 1 atom stereocenters. The first-order chi connectivity index (χ1) is 9.66. The number of aromatic amines is 1. The van der Waals surface area contributed by atoms with Crippen molar-refractivity contribution in [2.45, 2.75) is 20.0 Å². The summed E-state index contributed by atoms with van der Waals surface area (Å²) in [7, 11) is 3.29. The van der Waals surface area contributed by atoms with Crippen molar-refractivity contribution in [2.75, 3.05) is 14.1 Å². The molecule has 1 aromatic rings. The molecule has 0 aromatic carbocycles. The number of amides is 1. The summed E-state index contributed by atoms with van der Waals surface area (Å²) < 4.78 is 37.6. The zero-order chi connectivity index (χ0) is 16.2. The molecule has 4 nitrogen and oxygen atoms in total. The average Bonchev–Trinajstić information content (AvgIpc) is 2.87. The van der Waals surface area contributed by atoms with Gasteiger partial charge in [-0.2, -0.15) is 18.3 Å². The molecule has 1 amide bonds. The summed E-state index contributed by atoms with van der Waals surface area (Å²) in [4.78, 5) is 13.2. The minimum atomic E-state index is -4.46. The Morgan fingerprint density at radius 1 is 1.43 bits per heavy atom. The van der Waals surface area contributed by atoms with Crippen molar-refractivity contribution in [1.29, 1.82) is 0 Å². The van der Waals surface area contributed by atoms with E-state index in [4.69, 9.17) is 0 Å². The molecule has 116 valence electrons. The van der Waals surface area contributed by atoms with Gasteiger partial charge >= 0.3 is 6.18 Å². The third-order valence-corrected chi connectivity index (χ3v) is 2.88. The van der Waals surface area contributed by atoms with Crippen molar-refractivity contribution < 1.29 is 18.0 Å². The maximum atomic E-state index is 12.5. The van der Waals surface area contributed by atoms with E-state index in [-0.39, 0.29) is 17.5 Å². The number of alkyl halides is 3. The number of hydrogen-bond donors (Lipinski definition) is 1. The fourth-order valence-corrected chi connectivity index (χ4v) is 1.68. The number of hydrogen-bond acceptors (Lipinski definition) is 2. The molecule has 0 aliphatic heterocycles. The van der Waals surface area contributed by atoms with Gasteiger partial charge in [0.15, 0.2) is 0 Å². The van der Waals surface area contributed by atoms with E-state index in [0.717, 1.165) is 6.07 Å². The highest BCUT2D eigenvalue weighted by molar-refractivity contribution is 5.81. The number of halogens is 3. The molecule has 1 heterocycles. The highest BCUT2D eigenvalue weighted by Crippen LogP contribution is 2.29. The Kier molecular flexibility index (Phi) is 5.34. The minimum absolute atomic E-state index is 0.0836. The van der Waals surface area contributed by atoms with Gasteiger partial charge in [0.25, 0.3) is 0 Å². The zero-order valence-electron chi connectivity index (χ0n) is 12.3. The van der Waals surface area contributed by atoms with Gasteiger partial charge in [0, 0.05) is 14.1 Å². The Morgan fingerprint density at radius 2 is 2.05 bits per heavy atom. The lowest BCUT2D eigenvalue weighted by Gasteiger charge is -2.13. The number of carbonyl (C=O) groups is 1. The quantitative estimate of drug-likeness (QED) is 0.869. The average molecular weight is 301 g/mol. The van der Waals surface area contributed by atoms with Crippen molar-refractivity contribution >= 4 is 11.5 Å². The Labute approximate surface area is 121 Å². The van der Waals surface area contributed by atoms with Crippen LogP contribution in [0.25, 0.3) is 5.57 Å². The minimum Gasteiger partial charge on any atom is -0.348 e. The fraction of sp³-hybridized carbons (Fsp3) is 0.429. The van der Waals surface area contributed by atoms with E-state index in [1.165, 1.54) is 4.90 Å². The van der Waals surface area contributed by atoms with Gasteiger partial charge in [-0.1, -0.05) is 25.2 Å². The van der Waals surface area contributed by atoms with Gasteiger partial charge in [0.05, 0.1) is 11.6 Å². The lowest BCUT2D eigenvalue weighted by Crippen LogP contribution is -2.26. The molecule has 1 unspecified atom stereocenters. The molecule has 0 fully saturated rings. The van der Waals surface area contributed by atoms with Crippen LogP contribution >= 0.6 is 0 Å². The summed E-state index contributed by atoms with van der Waals surface area (Å²) in [6.45, 7) is 3.41. The number of carbonyl (C=O) groups excluding carboxylic acids is 1. The molecule has 21 heavy (non-hydrogen) atoms. The van der Waals surface area contributed by atoms with E-state index in [2.05, 4.69) is 5.10 Å². The van der Waals surface area contributed by atoms with Crippen LogP contribution in [0.2, 0.25) is 0 Å². The van der Waals surface area contributed by atoms with Crippen molar-refractivity contribution in [3.63, 3.8) is 0 Å². The van der Waals surface area contributed by atoms with Gasteiger partial charge in [-0.25, -0.2) is 0 Å². The summed E-state index contributed by atoms with van der Waals surface area (Å²) in [5, 5.41) is 5.62. The first-order valence-electron chi connectivity index (χ1n) is 6.35. The number of nitrogens with one attached hydrogen (secondary N) is 1. The van der Waals surface area contributed by atoms with Crippen LogP contribution in [0.3, 0.4) is 0 Å². The van der Waals surface area contributed by atoms with E-state index in [9.17, 15) is 18.0 Å². The van der Waals surface area contributed by atoms with Gasteiger partial charge in [0.1, 0.15) is 5.69 Å². The highest BCUT2D eigenvalue weighted by Gasteiger charge is 2.33. The number of H-pyrrole nitrogens is 1. The largest absolute Gasteiger partial charge is 0.432 e. The van der Waals surface area contributed by atoms with Crippen LogP contribution in [0, 0.1) is 5.92 Å². The van der Waals surface area contributed by atoms with Gasteiger partial charge in [-0.3, -0.25) is 9.89 Å². The van der Waals surface area contributed by atoms with Crippen LogP contribution in [-0.4, -0.2) is 35.1 Å². The van der Waals surface area contributed by atoms with Crippen molar-refractivity contribution in [3.8, 4) is 0 Å². The monoisotopic (exact) mass is 301 g/mol. The summed E-state index contributed by atoms with van der Waals surface area (Å²) in [5.41, 5.74) is -0.201. The number of rotatable bonds is 4. The Balaban J connectivity index is 2.90. The molecule has 0 saturated heterocycles. The second-order valence-corrected chi connectivity index (χ2v) is 4.79. The molecule has 0 aliphatic carbocycles. The predicted molar refractivity (Wildman–Crippen MR) is 74.2 cm³/mol. The number of aromatic nitrogens is 2. The first kappa shape index (κ1) is 17.0. The SMILES string of the molecule is C/C=C(\C=C/C(C)C(=O)N(C)C)c1cc(C(F)(F)F)[nH]n1. The lowest BCUT2D eigenvalue weighted by molar-refractivity contribution is -0.141. The smallest absolute Gasteiger partial charge is 0.348 e. The van der Waals surface area contributed by atoms with Crippen molar-refractivity contribution in [3.05, 3.63) is 35.7 Å². The van der Waals surface area contributed by atoms with Gasteiger partial charge in [0.2, 0.25) is 5.91 Å². The molecule has 1 N–H and O–H groups in total. The van der Waals surface area contributed by atoms with Crippen LogP contribution in [0.5, 0.6) is 0 Å². The molecular weight excluding hydrogens is 283 g/mol. The van der Waals surface area contributed by atoms with Crippen molar-refractivity contribution in [2.24, 2.45) is 5.92 Å². The van der Waals surface area contributed by atoms with E-state index in [1.54, 1.807) is 46.2 Å². The summed E-state index contributed by atoms with van der Waals surface area (Å²) in [6.07, 6.45) is 0.420. The summed E-state index contributed by atoms with van der Waals surface area (Å²) >= 11 is 0. The maximum Gasteiger partial charge on any atom is 0.432 e. The molecular formula is C14H18F3N3O. The standard InChI is InChI=1S/C14H18F3N3O/c1-5-10(7-6-9(2)13(21)20(3)4)11-8-12(19-18-11)14(15,16)17/h5-9H,1-4H3,(H,18,19)/b7-6-,10-5+. The van der Waals surface area contributed by atoms with Crippen LogP contribution in [0.15, 0.2) is 24.3 Å². The molecule has 0 saturated carbocycles. The van der Waals surface area contributed by atoms with E-state index >= 15 is 0 Å². The molecule has 0 spiro atoms. The molecule has 0 bridgehead atoms. The Hall–Kier alpha value is -2.05. The second kappa shape index (κ2) is 6.60. The highest BCUT2D eigenvalue weighted by atomic mass is 19.4. The lowest BCUT2D eigenvalue weighted by atomic mass is 10.1. The van der Waals surface area contributed by atoms with Gasteiger partial charge in [-0.05, 0) is 18.6 Å². The molecule has 1 aromatic heterocycles. The molecule has 0 aliphatic rings. The molecule has 0 radical (unpaired) electrons. The van der Waals surface area contributed by atoms with Crippen LogP contribution in [0.1, 0.15) is 25.2 Å². The topological polar surface area (TPSA) is 49.0 Å². The molecule has 1 rings (SSSR count). The van der Waals surface area contributed by atoms with Gasteiger partial charge in [-0.15, -0.1) is 0 Å². The van der Waals surface area contributed by atoms with E-state index < -0.39 is 11.9 Å². The number of allylic oxidation sites excluding steroid dienone is 3. The zero-order valence-corrected chi connectivity index (χ0v) is 12.3. The first-order valence-corrected chi connectivity index (χ1v) is 6.35. The third kappa shape index (κ3) is 4.47. The van der Waals surface area contributed by atoms with Crippen LogP contribution in [-0.2, 0) is 11.0 Å². The Bertz CT molecular complexity index is 556. The predicted octanol–water partition coefficient (Wildman–Crippen LogP) is 3.11. The maximum absolute atomic E-state index is 12.5. The van der Waals surface area contributed by atoms with Crippen LogP contribution < -0.4 is 0 Å². The fourth-order valence-electron chi connectivity index (χ4n) is 1.68. The van der Waals surface area contributed by atoms with Gasteiger partial charge < -0.3 is 4.90 Å². The van der Waals surface area contributed by atoms with Crippen molar-refractivity contribution in [1.82, 2.24) is 15.1 Å². The van der Waals surface area contributed by atoms with Crippen LogP contribution in [0.4, 0.5) is 13.2 Å². The normalized spacial score (nSPS) is 14.5. The van der Waals surface area contributed by atoms with E-state index in [1.807, 2.05) is 5.10 Å². The molecule has 7 heteroatoms. The second-order valence-electron chi connectivity index (χ2n) is 4.79. The summed E-state index contributed by atoms with van der Waals surface area (Å²) in [6, 6.07) is 0.943. The number of nitrogens with zero attached hydrogens (tertiary/aromatic N) is 2. The third-order valence-electron chi connectivity index (χ3n) is 2.88. The summed E-state index contributed by atoms with van der Waals surface area (Å²) in [5.74, 6) is -0.448.